The molecule has 0 radical (unpaired) electrons. The van der Waals surface area contributed by atoms with Gasteiger partial charge in [-0.2, -0.15) is 0 Å². The lowest BCUT2D eigenvalue weighted by atomic mass is 10.0. The van der Waals surface area contributed by atoms with Gasteiger partial charge in [0, 0.05) is 8.95 Å². The van der Waals surface area contributed by atoms with Gasteiger partial charge in [0.15, 0.2) is 0 Å². The predicted octanol–water partition coefficient (Wildman–Crippen LogP) is 5.19. The Bertz CT molecular complexity index is 490. The Labute approximate surface area is 107 Å². The number of rotatable bonds is 1. The molecule has 0 heterocycles. The van der Waals surface area contributed by atoms with E-state index < -0.39 is 0 Å². The number of aryl methyl sites for hydroxylation is 1. The van der Waals surface area contributed by atoms with Crippen molar-refractivity contribution in [2.24, 2.45) is 0 Å². The normalized spacial score (nSPS) is 10.3. The molecule has 0 N–H and O–H groups in total. The molecule has 0 aliphatic heterocycles. The first kappa shape index (κ1) is 10.9. The van der Waals surface area contributed by atoms with Crippen LogP contribution in [-0.2, 0) is 0 Å². The molecule has 0 aliphatic rings. The molecule has 0 saturated carbocycles. The molecule has 15 heavy (non-hydrogen) atoms. The highest BCUT2D eigenvalue weighted by molar-refractivity contribution is 9.13. The van der Waals surface area contributed by atoms with Crippen molar-refractivity contribution in [3.63, 3.8) is 0 Å². The van der Waals surface area contributed by atoms with E-state index in [1.165, 1.54) is 16.7 Å². The number of benzene rings is 2. The van der Waals surface area contributed by atoms with Crippen LogP contribution in [0.2, 0.25) is 0 Å². The predicted molar refractivity (Wildman–Crippen MR) is 72.0 cm³/mol. The van der Waals surface area contributed by atoms with Gasteiger partial charge in [0.2, 0.25) is 0 Å². The Morgan fingerprint density at radius 2 is 1.47 bits per heavy atom. The second kappa shape index (κ2) is 4.50. The second-order valence-electron chi connectivity index (χ2n) is 3.42. The molecular formula is C13H10Br2. The van der Waals surface area contributed by atoms with E-state index >= 15 is 0 Å². The third-order valence-corrected chi connectivity index (χ3v) is 4.43. The molecule has 2 rings (SSSR count). The molecule has 0 bridgehead atoms. The first-order valence-electron chi connectivity index (χ1n) is 4.70. The van der Waals surface area contributed by atoms with Gasteiger partial charge in [0.25, 0.3) is 0 Å². The van der Waals surface area contributed by atoms with E-state index in [1.54, 1.807) is 0 Å². The smallest absolute Gasteiger partial charge is 0.0395 e. The van der Waals surface area contributed by atoms with Gasteiger partial charge in [-0.05, 0) is 61.5 Å². The molecule has 0 spiro atoms. The fourth-order valence-corrected chi connectivity index (χ4v) is 2.43. The molecule has 0 unspecified atom stereocenters. The molecule has 0 nitrogen and oxygen atoms in total. The Hall–Kier alpha value is -0.600. The molecule has 2 aromatic rings. The molecule has 2 aromatic carbocycles. The minimum atomic E-state index is 1.09. The van der Waals surface area contributed by atoms with Gasteiger partial charge in [-0.1, -0.05) is 36.4 Å². The van der Waals surface area contributed by atoms with Crippen LogP contribution in [0.4, 0.5) is 0 Å². The molecule has 2 heteroatoms. The van der Waals surface area contributed by atoms with Crippen molar-refractivity contribution in [1.82, 2.24) is 0 Å². The summed E-state index contributed by atoms with van der Waals surface area (Å²) in [5.41, 5.74) is 3.78. The van der Waals surface area contributed by atoms with Gasteiger partial charge in [-0.15, -0.1) is 0 Å². The summed E-state index contributed by atoms with van der Waals surface area (Å²) in [6.07, 6.45) is 0. The highest BCUT2D eigenvalue weighted by Crippen LogP contribution is 2.35. The molecule has 0 aliphatic carbocycles. The third kappa shape index (κ3) is 2.16. The lowest BCUT2D eigenvalue weighted by molar-refractivity contribution is 1.44. The highest BCUT2D eigenvalue weighted by Gasteiger charge is 2.07. The summed E-state index contributed by atoms with van der Waals surface area (Å²) in [6, 6.07) is 14.6. The first-order chi connectivity index (χ1) is 7.20. The zero-order valence-corrected chi connectivity index (χ0v) is 11.5. The van der Waals surface area contributed by atoms with E-state index in [-0.39, 0.29) is 0 Å². The van der Waals surface area contributed by atoms with Crippen molar-refractivity contribution in [3.05, 3.63) is 57.0 Å². The van der Waals surface area contributed by atoms with Gasteiger partial charge >= 0.3 is 0 Å². The fraction of sp³-hybridized carbons (Fsp3) is 0.0769. The molecule has 0 saturated heterocycles. The minimum Gasteiger partial charge on any atom is -0.0620 e. The van der Waals surface area contributed by atoms with Crippen LogP contribution in [0.15, 0.2) is 51.4 Å². The molecular weight excluding hydrogens is 316 g/mol. The maximum Gasteiger partial charge on any atom is 0.0395 e. The topological polar surface area (TPSA) is 0 Å². The van der Waals surface area contributed by atoms with Crippen molar-refractivity contribution < 1.29 is 0 Å². The maximum absolute atomic E-state index is 3.60. The van der Waals surface area contributed by atoms with Crippen molar-refractivity contribution in [2.45, 2.75) is 6.92 Å². The van der Waals surface area contributed by atoms with E-state index in [0.717, 1.165) is 8.95 Å². The molecule has 0 fully saturated rings. The molecule has 0 atom stereocenters. The monoisotopic (exact) mass is 324 g/mol. The summed E-state index contributed by atoms with van der Waals surface area (Å²) in [5, 5.41) is 0. The van der Waals surface area contributed by atoms with E-state index in [2.05, 4.69) is 75.2 Å². The second-order valence-corrected chi connectivity index (χ2v) is 5.06. The van der Waals surface area contributed by atoms with Crippen LogP contribution in [0.3, 0.4) is 0 Å². The van der Waals surface area contributed by atoms with E-state index in [1.807, 2.05) is 6.07 Å². The summed E-state index contributed by atoms with van der Waals surface area (Å²) >= 11 is 7.13. The molecule has 76 valence electrons. The van der Waals surface area contributed by atoms with Crippen LogP contribution >= 0.6 is 31.9 Å². The van der Waals surface area contributed by atoms with Crippen LogP contribution < -0.4 is 0 Å². The Balaban J connectivity index is 2.65. The highest BCUT2D eigenvalue weighted by atomic mass is 79.9. The average molecular weight is 326 g/mol. The summed E-state index contributed by atoms with van der Waals surface area (Å²) in [5.74, 6) is 0. The summed E-state index contributed by atoms with van der Waals surface area (Å²) < 4.78 is 2.20. The number of halogens is 2. The Morgan fingerprint density at radius 3 is 2.20 bits per heavy atom. The lowest BCUT2D eigenvalue weighted by Gasteiger charge is -2.09. The first-order valence-corrected chi connectivity index (χ1v) is 6.29. The van der Waals surface area contributed by atoms with Crippen LogP contribution in [0.5, 0.6) is 0 Å². The fourth-order valence-electron chi connectivity index (χ4n) is 1.59. The Kier molecular flexibility index (Phi) is 3.27. The zero-order valence-electron chi connectivity index (χ0n) is 8.30. The minimum absolute atomic E-state index is 1.09. The van der Waals surface area contributed by atoms with E-state index in [0.29, 0.717) is 0 Å². The summed E-state index contributed by atoms with van der Waals surface area (Å²) in [4.78, 5) is 0. The summed E-state index contributed by atoms with van der Waals surface area (Å²) in [7, 11) is 0. The largest absolute Gasteiger partial charge is 0.0620 e. The van der Waals surface area contributed by atoms with Crippen LogP contribution in [0.1, 0.15) is 5.56 Å². The van der Waals surface area contributed by atoms with Crippen LogP contribution in [-0.4, -0.2) is 0 Å². The Morgan fingerprint density at radius 1 is 0.800 bits per heavy atom. The third-order valence-electron chi connectivity index (χ3n) is 2.39. The van der Waals surface area contributed by atoms with Crippen LogP contribution in [0.25, 0.3) is 11.1 Å². The van der Waals surface area contributed by atoms with Gasteiger partial charge in [-0.25, -0.2) is 0 Å². The van der Waals surface area contributed by atoms with Gasteiger partial charge in [0.1, 0.15) is 0 Å². The quantitative estimate of drug-likeness (QED) is 0.677. The van der Waals surface area contributed by atoms with Gasteiger partial charge in [-0.3, -0.25) is 0 Å². The van der Waals surface area contributed by atoms with Gasteiger partial charge < -0.3 is 0 Å². The van der Waals surface area contributed by atoms with E-state index in [9.17, 15) is 0 Å². The van der Waals surface area contributed by atoms with Gasteiger partial charge in [0.05, 0.1) is 0 Å². The van der Waals surface area contributed by atoms with Crippen molar-refractivity contribution in [3.8, 4) is 11.1 Å². The lowest BCUT2D eigenvalue weighted by Crippen LogP contribution is -1.84. The number of hydrogen-bond donors (Lipinski definition) is 0. The zero-order chi connectivity index (χ0) is 10.8. The van der Waals surface area contributed by atoms with Crippen molar-refractivity contribution >= 4 is 31.9 Å². The average Bonchev–Trinajstić information content (AvgIpc) is 2.23. The number of hydrogen-bond acceptors (Lipinski definition) is 0. The standard InChI is InChI=1S/C13H10Br2/c1-9-5-2-3-6-10(9)11-7-4-8-12(14)13(11)15/h2-8H,1H3. The maximum atomic E-state index is 3.60. The van der Waals surface area contributed by atoms with E-state index in [4.69, 9.17) is 0 Å². The summed E-state index contributed by atoms with van der Waals surface area (Å²) in [6.45, 7) is 2.13. The molecule has 0 aromatic heterocycles. The van der Waals surface area contributed by atoms with Crippen LogP contribution in [0, 0.1) is 6.92 Å². The molecule has 0 amide bonds. The van der Waals surface area contributed by atoms with Crippen molar-refractivity contribution in [2.75, 3.05) is 0 Å². The van der Waals surface area contributed by atoms with Crippen molar-refractivity contribution in [1.29, 1.82) is 0 Å². The SMILES string of the molecule is Cc1ccccc1-c1cccc(Br)c1Br.